The molecule has 0 fully saturated rings. The number of benzene rings is 1. The minimum atomic E-state index is -0.343. The van der Waals surface area contributed by atoms with Gasteiger partial charge in [-0.25, -0.2) is 0 Å². The van der Waals surface area contributed by atoms with E-state index in [9.17, 15) is 9.59 Å². The topological polar surface area (TPSA) is 93.5 Å². The van der Waals surface area contributed by atoms with Crippen LogP contribution in [-0.4, -0.2) is 31.5 Å². The molecule has 2 rings (SSSR count). The molecular formula is C14H20ClN3O3. The van der Waals surface area contributed by atoms with E-state index < -0.39 is 0 Å². The van der Waals surface area contributed by atoms with Gasteiger partial charge in [-0.2, -0.15) is 0 Å². The Morgan fingerprint density at radius 1 is 1.29 bits per heavy atom. The Morgan fingerprint density at radius 3 is 2.81 bits per heavy atom. The largest absolute Gasteiger partial charge is 0.493 e. The van der Waals surface area contributed by atoms with Crippen LogP contribution in [0.25, 0.3) is 0 Å². The van der Waals surface area contributed by atoms with Crippen molar-refractivity contribution in [3.05, 3.63) is 29.8 Å². The zero-order valence-corrected chi connectivity index (χ0v) is 12.4. The van der Waals surface area contributed by atoms with Gasteiger partial charge in [0.1, 0.15) is 5.75 Å². The van der Waals surface area contributed by atoms with Gasteiger partial charge in [0.2, 0.25) is 11.8 Å². The fourth-order valence-corrected chi connectivity index (χ4v) is 2.17. The quantitative estimate of drug-likeness (QED) is 0.755. The maximum absolute atomic E-state index is 11.8. The van der Waals surface area contributed by atoms with E-state index in [-0.39, 0.29) is 43.4 Å². The van der Waals surface area contributed by atoms with E-state index in [1.165, 1.54) is 0 Å². The van der Waals surface area contributed by atoms with Crippen molar-refractivity contribution < 1.29 is 14.3 Å². The number of nitrogens with two attached hydrogens (primary N) is 1. The predicted molar refractivity (Wildman–Crippen MR) is 81.4 cm³/mol. The molecule has 2 amide bonds. The van der Waals surface area contributed by atoms with E-state index in [0.29, 0.717) is 6.61 Å². The minimum Gasteiger partial charge on any atom is -0.493 e. The highest BCUT2D eigenvalue weighted by Crippen LogP contribution is 2.30. The van der Waals surface area contributed by atoms with Crippen molar-refractivity contribution >= 4 is 24.2 Å². The molecular weight excluding hydrogens is 294 g/mol. The van der Waals surface area contributed by atoms with Gasteiger partial charge in [-0.3, -0.25) is 9.59 Å². The lowest BCUT2D eigenvalue weighted by molar-refractivity contribution is -0.125. The maximum atomic E-state index is 11.8. The molecule has 0 aliphatic carbocycles. The molecule has 116 valence electrons. The molecule has 4 N–H and O–H groups in total. The van der Waals surface area contributed by atoms with Gasteiger partial charge in [0, 0.05) is 5.56 Å². The Morgan fingerprint density at radius 2 is 2.05 bits per heavy atom. The zero-order valence-electron chi connectivity index (χ0n) is 11.6. The standard InChI is InChI=1S/C14H19N3O3.ClH/c15-8-13(18)16-9-14(19)17-11-5-3-7-20-12-6-2-1-4-10(11)12;/h1-2,4,6,11H,3,5,7-9,15H2,(H,16,18)(H,17,19);1H. The highest BCUT2D eigenvalue weighted by atomic mass is 35.5. The van der Waals surface area contributed by atoms with Crippen molar-refractivity contribution in [2.24, 2.45) is 5.73 Å². The van der Waals surface area contributed by atoms with Crippen LogP contribution in [0.3, 0.4) is 0 Å². The van der Waals surface area contributed by atoms with Gasteiger partial charge in [0.15, 0.2) is 0 Å². The number of halogens is 1. The number of ether oxygens (including phenoxy) is 1. The average molecular weight is 314 g/mol. The third-order valence-corrected chi connectivity index (χ3v) is 3.16. The second-order valence-electron chi connectivity index (χ2n) is 4.63. The van der Waals surface area contributed by atoms with E-state index in [2.05, 4.69) is 10.6 Å². The van der Waals surface area contributed by atoms with Gasteiger partial charge < -0.3 is 21.1 Å². The van der Waals surface area contributed by atoms with Gasteiger partial charge in [-0.15, -0.1) is 12.4 Å². The minimum absolute atomic E-state index is 0. The van der Waals surface area contributed by atoms with Crippen molar-refractivity contribution in [2.45, 2.75) is 18.9 Å². The van der Waals surface area contributed by atoms with Crippen LogP contribution >= 0.6 is 12.4 Å². The summed E-state index contributed by atoms with van der Waals surface area (Å²) in [7, 11) is 0. The Hall–Kier alpha value is -1.79. The first kappa shape index (κ1) is 17.3. The number of carbonyl (C=O) groups is 2. The Labute approximate surface area is 129 Å². The summed E-state index contributed by atoms with van der Waals surface area (Å²) < 4.78 is 5.64. The van der Waals surface area contributed by atoms with Crippen molar-refractivity contribution in [1.82, 2.24) is 10.6 Å². The van der Waals surface area contributed by atoms with Crippen molar-refractivity contribution in [2.75, 3.05) is 19.7 Å². The lowest BCUT2D eigenvalue weighted by Crippen LogP contribution is -2.40. The molecule has 0 saturated carbocycles. The first-order chi connectivity index (χ1) is 9.70. The van der Waals surface area contributed by atoms with Gasteiger partial charge in [0.05, 0.1) is 25.7 Å². The second kappa shape index (κ2) is 8.49. The molecule has 0 saturated heterocycles. The maximum Gasteiger partial charge on any atom is 0.239 e. The number of hydrogen-bond donors (Lipinski definition) is 3. The summed E-state index contributed by atoms with van der Waals surface area (Å²) in [5.41, 5.74) is 6.14. The van der Waals surface area contributed by atoms with Crippen LogP contribution in [0.15, 0.2) is 24.3 Å². The molecule has 1 aromatic carbocycles. The number of fused-ring (bicyclic) bond motifs is 1. The summed E-state index contributed by atoms with van der Waals surface area (Å²) >= 11 is 0. The smallest absolute Gasteiger partial charge is 0.239 e. The third-order valence-electron chi connectivity index (χ3n) is 3.16. The molecule has 0 aromatic heterocycles. The van der Waals surface area contributed by atoms with Crippen LogP contribution in [0.4, 0.5) is 0 Å². The molecule has 0 spiro atoms. The Bertz CT molecular complexity index is 496. The normalized spacial score (nSPS) is 16.5. The molecule has 6 nitrogen and oxygen atoms in total. The monoisotopic (exact) mass is 313 g/mol. The molecule has 1 heterocycles. The number of para-hydroxylation sites is 1. The lowest BCUT2D eigenvalue weighted by Gasteiger charge is -2.18. The first-order valence-electron chi connectivity index (χ1n) is 6.68. The number of carbonyl (C=O) groups excluding carboxylic acids is 2. The number of hydrogen-bond acceptors (Lipinski definition) is 4. The molecule has 0 radical (unpaired) electrons. The van der Waals surface area contributed by atoms with E-state index in [1.54, 1.807) is 0 Å². The summed E-state index contributed by atoms with van der Waals surface area (Å²) in [5.74, 6) is 0.236. The summed E-state index contributed by atoms with van der Waals surface area (Å²) in [6, 6.07) is 7.59. The fraction of sp³-hybridized carbons (Fsp3) is 0.429. The highest BCUT2D eigenvalue weighted by molar-refractivity contribution is 5.86. The first-order valence-corrected chi connectivity index (χ1v) is 6.68. The van der Waals surface area contributed by atoms with Gasteiger partial charge in [0.25, 0.3) is 0 Å². The van der Waals surface area contributed by atoms with Gasteiger partial charge in [-0.05, 0) is 18.9 Å². The SMILES string of the molecule is Cl.NCC(=O)NCC(=O)NC1CCCOc2ccccc21. The molecule has 1 aliphatic heterocycles. The van der Waals surface area contributed by atoms with E-state index >= 15 is 0 Å². The fourth-order valence-electron chi connectivity index (χ4n) is 2.17. The van der Waals surface area contributed by atoms with Crippen LogP contribution in [0.1, 0.15) is 24.4 Å². The third kappa shape index (κ3) is 4.91. The summed E-state index contributed by atoms with van der Waals surface area (Å²) in [6.45, 7) is 0.468. The van der Waals surface area contributed by atoms with E-state index in [1.807, 2.05) is 24.3 Å². The lowest BCUT2D eigenvalue weighted by atomic mass is 10.0. The summed E-state index contributed by atoms with van der Waals surface area (Å²) in [4.78, 5) is 22.9. The molecule has 1 aliphatic rings. The van der Waals surface area contributed by atoms with Crippen LogP contribution in [0, 0.1) is 0 Å². The molecule has 0 bridgehead atoms. The molecule has 21 heavy (non-hydrogen) atoms. The summed E-state index contributed by atoms with van der Waals surface area (Å²) in [6.07, 6.45) is 1.68. The van der Waals surface area contributed by atoms with Crippen molar-refractivity contribution in [3.8, 4) is 5.75 Å². The summed E-state index contributed by atoms with van der Waals surface area (Å²) in [5, 5.41) is 5.37. The number of rotatable bonds is 4. The van der Waals surface area contributed by atoms with Crippen LogP contribution < -0.4 is 21.1 Å². The van der Waals surface area contributed by atoms with Gasteiger partial charge >= 0.3 is 0 Å². The molecule has 1 aromatic rings. The average Bonchev–Trinajstić information content (AvgIpc) is 2.67. The van der Waals surface area contributed by atoms with Crippen LogP contribution in [-0.2, 0) is 9.59 Å². The van der Waals surface area contributed by atoms with Crippen molar-refractivity contribution in [1.29, 1.82) is 0 Å². The highest BCUT2D eigenvalue weighted by Gasteiger charge is 2.21. The van der Waals surface area contributed by atoms with Gasteiger partial charge in [-0.1, -0.05) is 18.2 Å². The zero-order chi connectivity index (χ0) is 14.4. The second-order valence-corrected chi connectivity index (χ2v) is 4.63. The Balaban J connectivity index is 0.00000220. The van der Waals surface area contributed by atoms with E-state index in [0.717, 1.165) is 24.2 Å². The van der Waals surface area contributed by atoms with Crippen LogP contribution in [0.2, 0.25) is 0 Å². The van der Waals surface area contributed by atoms with E-state index in [4.69, 9.17) is 10.5 Å². The van der Waals surface area contributed by atoms with Crippen molar-refractivity contribution in [3.63, 3.8) is 0 Å². The van der Waals surface area contributed by atoms with Crippen LogP contribution in [0.5, 0.6) is 5.75 Å². The molecule has 1 unspecified atom stereocenters. The predicted octanol–water partition coefficient (Wildman–Crippen LogP) is 0.513. The Kier molecular flexibility index (Phi) is 6.98. The number of nitrogens with one attached hydrogen (secondary N) is 2. The molecule has 1 atom stereocenters. The number of amides is 2. The molecule has 7 heteroatoms.